The second-order valence-corrected chi connectivity index (χ2v) is 11.1. The van der Waals surface area contributed by atoms with Crippen molar-refractivity contribution in [2.45, 2.75) is 45.3 Å². The van der Waals surface area contributed by atoms with Gasteiger partial charge in [-0.25, -0.2) is 4.79 Å². The summed E-state index contributed by atoms with van der Waals surface area (Å²) in [6.07, 6.45) is 1.35. The van der Waals surface area contributed by atoms with Crippen LogP contribution in [0.5, 0.6) is 5.88 Å². The van der Waals surface area contributed by atoms with Crippen LogP contribution in [0.25, 0.3) is 21.5 Å². The van der Waals surface area contributed by atoms with E-state index < -0.39 is 6.09 Å². The molecular formula is C25H26Cl2N4O3S. The van der Waals surface area contributed by atoms with E-state index in [4.69, 9.17) is 32.5 Å². The average Bonchev–Trinajstić information content (AvgIpc) is 3.54. The number of amides is 1. The maximum Gasteiger partial charge on any atom is 0.414 e. The molecule has 184 valence electrons. The van der Waals surface area contributed by atoms with Crippen LogP contribution in [-0.2, 0) is 6.54 Å². The second kappa shape index (κ2) is 10.2. The maximum absolute atomic E-state index is 12.8. The average molecular weight is 533 g/mol. The molecule has 0 atom stereocenters. The number of nitrogens with one attached hydrogen (secondary N) is 1. The molecule has 1 amide bonds. The smallest absolute Gasteiger partial charge is 0.393 e. The van der Waals surface area contributed by atoms with E-state index in [1.807, 2.05) is 47.0 Å². The minimum atomic E-state index is -0.461. The first-order chi connectivity index (χ1) is 16.9. The topological polar surface area (TPSA) is 72.5 Å². The molecule has 0 bridgehead atoms. The van der Waals surface area contributed by atoms with Crippen LogP contribution in [0.2, 0.25) is 9.36 Å². The van der Waals surface area contributed by atoms with Crippen molar-refractivity contribution in [3.8, 4) is 16.5 Å². The third kappa shape index (κ3) is 5.51. The van der Waals surface area contributed by atoms with Crippen LogP contribution in [-0.4, -0.2) is 45.9 Å². The normalized spacial score (nSPS) is 15.2. The number of nitrogens with zero attached hydrogens (tertiary/aromatic N) is 3. The Morgan fingerprint density at radius 3 is 2.71 bits per heavy atom. The van der Waals surface area contributed by atoms with Crippen molar-refractivity contribution in [2.75, 3.05) is 13.1 Å². The highest BCUT2D eigenvalue weighted by Gasteiger charge is 2.24. The molecule has 0 spiro atoms. The van der Waals surface area contributed by atoms with E-state index in [0.717, 1.165) is 41.7 Å². The Hall–Kier alpha value is -2.52. The van der Waals surface area contributed by atoms with Crippen molar-refractivity contribution < 1.29 is 14.1 Å². The number of halogens is 2. The first kappa shape index (κ1) is 24.2. The quantitative estimate of drug-likeness (QED) is 0.300. The molecule has 0 unspecified atom stereocenters. The lowest BCUT2D eigenvalue weighted by atomic mass is 10.0. The van der Waals surface area contributed by atoms with Crippen LogP contribution in [0.3, 0.4) is 0 Å². The highest BCUT2D eigenvalue weighted by atomic mass is 35.5. The molecule has 0 saturated carbocycles. The number of carbonyl (C=O) groups excluding carboxylic acids is 1. The largest absolute Gasteiger partial charge is 0.414 e. The lowest BCUT2D eigenvalue weighted by Gasteiger charge is -2.34. The Morgan fingerprint density at radius 1 is 1.20 bits per heavy atom. The van der Waals surface area contributed by atoms with Crippen LogP contribution in [0.1, 0.15) is 32.4 Å². The van der Waals surface area contributed by atoms with Gasteiger partial charge < -0.3 is 24.0 Å². The van der Waals surface area contributed by atoms with E-state index in [1.165, 1.54) is 11.3 Å². The standard InChI is InChI=1S/C25H26Cl2N4O3S/c1-15(2)30-9-7-18(8-10-30)28-25(32)33-24-11-16-3-4-17(26)12-20(16)31(24)14-19-13-21(34-29-19)22-5-6-23(27)35-22/h3-6,11-13,15,18H,7-10,14H2,1-2H3,(H,28,32). The SMILES string of the molecule is CC(C)N1CCC(NC(=O)Oc2cc3ccc(Cl)cc3n2Cc2cc(-c3ccc(Cl)s3)on2)CC1. The summed E-state index contributed by atoms with van der Waals surface area (Å²) in [4.78, 5) is 16.1. The zero-order valence-corrected chi connectivity index (χ0v) is 21.8. The monoisotopic (exact) mass is 532 g/mol. The van der Waals surface area contributed by atoms with Crippen LogP contribution in [0.15, 0.2) is 47.0 Å². The van der Waals surface area contributed by atoms with E-state index in [1.54, 1.807) is 0 Å². The van der Waals surface area contributed by atoms with Crippen LogP contribution >= 0.6 is 34.5 Å². The molecule has 0 aliphatic carbocycles. The summed E-state index contributed by atoms with van der Waals surface area (Å²) in [5.41, 5.74) is 1.53. The van der Waals surface area contributed by atoms with E-state index >= 15 is 0 Å². The fourth-order valence-corrected chi connectivity index (χ4v) is 5.57. The number of rotatable bonds is 6. The summed E-state index contributed by atoms with van der Waals surface area (Å²) in [7, 11) is 0. The van der Waals surface area contributed by atoms with E-state index in [-0.39, 0.29) is 6.04 Å². The number of aromatic nitrogens is 2. The van der Waals surface area contributed by atoms with Gasteiger partial charge in [0.25, 0.3) is 0 Å². The van der Waals surface area contributed by atoms with Crippen molar-refractivity contribution in [3.63, 3.8) is 0 Å². The number of fused-ring (bicyclic) bond motifs is 1. The zero-order chi connectivity index (χ0) is 24.5. The molecule has 1 aromatic carbocycles. The van der Waals surface area contributed by atoms with Crippen molar-refractivity contribution in [1.82, 2.24) is 19.9 Å². The van der Waals surface area contributed by atoms with Gasteiger partial charge in [0.1, 0.15) is 5.69 Å². The molecule has 4 heterocycles. The van der Waals surface area contributed by atoms with Crippen molar-refractivity contribution in [2.24, 2.45) is 0 Å². The van der Waals surface area contributed by atoms with Crippen LogP contribution < -0.4 is 10.1 Å². The molecule has 1 aliphatic heterocycles. The molecule has 35 heavy (non-hydrogen) atoms. The first-order valence-corrected chi connectivity index (χ1v) is 13.2. The Kier molecular flexibility index (Phi) is 7.07. The number of hydrogen-bond donors (Lipinski definition) is 1. The Balaban J connectivity index is 1.34. The molecule has 7 nitrogen and oxygen atoms in total. The van der Waals surface area contributed by atoms with Gasteiger partial charge in [-0.15, -0.1) is 11.3 Å². The number of thiophene rings is 1. The Labute approximate surface area is 217 Å². The van der Waals surface area contributed by atoms with Crippen LogP contribution in [0, 0.1) is 0 Å². The van der Waals surface area contributed by atoms with Gasteiger partial charge in [0.15, 0.2) is 5.76 Å². The molecule has 5 rings (SSSR count). The van der Waals surface area contributed by atoms with Crippen molar-refractivity contribution in [3.05, 3.63) is 57.5 Å². The van der Waals surface area contributed by atoms with Gasteiger partial charge in [0.05, 0.1) is 21.3 Å². The molecule has 1 fully saturated rings. The number of hydrogen-bond acceptors (Lipinski definition) is 6. The van der Waals surface area contributed by atoms with Crippen molar-refractivity contribution in [1.29, 1.82) is 0 Å². The molecule has 1 N–H and O–H groups in total. The van der Waals surface area contributed by atoms with Gasteiger partial charge in [-0.3, -0.25) is 0 Å². The molecule has 10 heteroatoms. The second-order valence-electron chi connectivity index (χ2n) is 9.00. The summed E-state index contributed by atoms with van der Waals surface area (Å²) in [6, 6.07) is 13.6. The number of ether oxygens (including phenoxy) is 1. The molecular weight excluding hydrogens is 507 g/mol. The number of carbonyl (C=O) groups is 1. The van der Waals surface area contributed by atoms with Crippen LogP contribution in [0.4, 0.5) is 4.79 Å². The highest BCUT2D eigenvalue weighted by molar-refractivity contribution is 7.19. The summed E-state index contributed by atoms with van der Waals surface area (Å²) < 4.78 is 13.9. The first-order valence-electron chi connectivity index (χ1n) is 11.6. The maximum atomic E-state index is 12.8. The fraction of sp³-hybridized carbons (Fsp3) is 0.360. The predicted molar refractivity (Wildman–Crippen MR) is 140 cm³/mol. The lowest BCUT2D eigenvalue weighted by molar-refractivity contribution is 0.151. The van der Waals surface area contributed by atoms with E-state index in [2.05, 4.69) is 29.2 Å². The molecule has 1 aliphatic rings. The predicted octanol–water partition coefficient (Wildman–Crippen LogP) is 6.67. The zero-order valence-electron chi connectivity index (χ0n) is 19.5. The fourth-order valence-electron chi connectivity index (χ4n) is 4.41. The third-order valence-electron chi connectivity index (χ3n) is 6.30. The summed E-state index contributed by atoms with van der Waals surface area (Å²) in [5.74, 6) is 1.06. The van der Waals surface area contributed by atoms with Crippen molar-refractivity contribution >= 4 is 51.5 Å². The van der Waals surface area contributed by atoms with Gasteiger partial charge in [-0.05, 0) is 51.0 Å². The molecule has 1 saturated heterocycles. The number of benzene rings is 1. The minimum Gasteiger partial charge on any atom is -0.393 e. The Bertz CT molecular complexity index is 1340. The highest BCUT2D eigenvalue weighted by Crippen LogP contribution is 2.33. The lowest BCUT2D eigenvalue weighted by Crippen LogP contribution is -2.47. The van der Waals surface area contributed by atoms with Gasteiger partial charge in [0, 0.05) is 47.7 Å². The third-order valence-corrected chi connectivity index (χ3v) is 7.78. The van der Waals surface area contributed by atoms with Gasteiger partial charge in [-0.2, -0.15) is 0 Å². The van der Waals surface area contributed by atoms with E-state index in [9.17, 15) is 4.79 Å². The summed E-state index contributed by atoms with van der Waals surface area (Å²) in [5, 5.41) is 8.75. The van der Waals surface area contributed by atoms with Gasteiger partial charge in [0.2, 0.25) is 5.88 Å². The summed E-state index contributed by atoms with van der Waals surface area (Å²) in [6.45, 7) is 6.67. The van der Waals surface area contributed by atoms with Gasteiger partial charge >= 0.3 is 6.09 Å². The Morgan fingerprint density at radius 2 is 2.00 bits per heavy atom. The van der Waals surface area contributed by atoms with Gasteiger partial charge in [-0.1, -0.05) is 34.4 Å². The number of likely N-dealkylation sites (tertiary alicyclic amines) is 1. The minimum absolute atomic E-state index is 0.0977. The molecule has 3 aromatic heterocycles. The molecule has 4 aromatic rings. The van der Waals surface area contributed by atoms with E-state index in [0.29, 0.717) is 39.3 Å². The molecule has 0 radical (unpaired) electrons. The summed E-state index contributed by atoms with van der Waals surface area (Å²) >= 11 is 13.8. The number of piperidine rings is 1.